The molecule has 3 rings (SSSR count). The molecule has 0 spiro atoms. The fourth-order valence-corrected chi connectivity index (χ4v) is 4.63. The van der Waals surface area contributed by atoms with Gasteiger partial charge in [0.15, 0.2) is 0 Å². The summed E-state index contributed by atoms with van der Waals surface area (Å²) in [7, 11) is 0. The van der Waals surface area contributed by atoms with Gasteiger partial charge in [0.2, 0.25) is 0 Å². The van der Waals surface area contributed by atoms with Gasteiger partial charge in [0.05, 0.1) is 6.04 Å². The first-order valence-corrected chi connectivity index (χ1v) is 11.8. The second kappa shape index (κ2) is 11.1. The number of carbonyl (C=O) groups is 1. The predicted molar refractivity (Wildman–Crippen MR) is 138 cm³/mol. The molecule has 1 aliphatic rings. The lowest BCUT2D eigenvalue weighted by molar-refractivity contribution is -0.131. The molecule has 0 aromatic heterocycles. The number of fused-ring (bicyclic) bond motifs is 1. The number of nitrogens with zero attached hydrogens (tertiary/aromatic N) is 2. The summed E-state index contributed by atoms with van der Waals surface area (Å²) in [6, 6.07) is 6.67. The second-order valence-electron chi connectivity index (χ2n) is 9.58. The molecule has 0 fully saturated rings. The lowest BCUT2D eigenvalue weighted by atomic mass is 9.82. The summed E-state index contributed by atoms with van der Waals surface area (Å²) in [6.07, 6.45) is 5.65. The number of benzene rings is 2. The number of aliphatic carboxylic acids is 1. The normalized spacial score (nSPS) is 19.2. The van der Waals surface area contributed by atoms with Crippen LogP contribution in [0.25, 0.3) is 11.6 Å². The van der Waals surface area contributed by atoms with Gasteiger partial charge in [0.25, 0.3) is 0 Å². The monoisotopic (exact) mass is 499 g/mol. The van der Waals surface area contributed by atoms with Crippen molar-refractivity contribution in [1.29, 1.82) is 0 Å². The number of hydrogen-bond acceptors (Lipinski definition) is 4. The van der Waals surface area contributed by atoms with Crippen LogP contribution < -0.4 is 5.73 Å². The predicted octanol–water partition coefficient (Wildman–Crippen LogP) is 5.54. The molecule has 0 aliphatic carbocycles. The maximum Gasteiger partial charge on any atom is 0.328 e. The van der Waals surface area contributed by atoms with Crippen LogP contribution in [0, 0.1) is 11.6 Å². The van der Waals surface area contributed by atoms with Crippen molar-refractivity contribution in [2.45, 2.75) is 51.9 Å². The third-order valence-corrected chi connectivity index (χ3v) is 6.13. The molecule has 192 valence electrons. The fourth-order valence-electron chi connectivity index (χ4n) is 4.63. The molecule has 5 nitrogen and oxygen atoms in total. The van der Waals surface area contributed by atoms with Crippen LogP contribution in [0.2, 0.25) is 0 Å². The summed E-state index contributed by atoms with van der Waals surface area (Å²) >= 11 is 0. The number of allylic oxidation sites excluding steroid dienone is 1. The standard InChI is InChI=1S/C28H32F3N3O2/c1-5-33-15-21(14-32)19-7-8-22-20(13-19)10-17(2)34(16-28(3,4)31)27(22)26-23(29)11-18(12-24(26)30)6-9-25(35)36/h6-9,11-15,17,27H,5,10,16,32H2,1-4H3,(H,35,36)/b9-6+,21-14?,33-15?/t17-,27?/m1/s1. The van der Waals surface area contributed by atoms with E-state index in [1.54, 1.807) is 17.2 Å². The van der Waals surface area contributed by atoms with Crippen LogP contribution in [-0.2, 0) is 11.2 Å². The van der Waals surface area contributed by atoms with Crippen molar-refractivity contribution in [3.63, 3.8) is 0 Å². The van der Waals surface area contributed by atoms with E-state index in [1.807, 2.05) is 26.0 Å². The summed E-state index contributed by atoms with van der Waals surface area (Å²) in [5.74, 6) is -2.88. The smallest absolute Gasteiger partial charge is 0.328 e. The molecule has 1 heterocycles. The Labute approximate surface area is 209 Å². The lowest BCUT2D eigenvalue weighted by Gasteiger charge is -2.44. The number of nitrogens with two attached hydrogens (primary N) is 1. The van der Waals surface area contributed by atoms with Gasteiger partial charge in [-0.1, -0.05) is 18.2 Å². The van der Waals surface area contributed by atoms with Gasteiger partial charge < -0.3 is 10.8 Å². The molecular weight excluding hydrogens is 467 g/mol. The van der Waals surface area contributed by atoms with Crippen molar-refractivity contribution >= 4 is 23.8 Å². The Balaban J connectivity index is 2.18. The molecule has 0 bridgehead atoms. The average Bonchev–Trinajstić information content (AvgIpc) is 2.78. The summed E-state index contributed by atoms with van der Waals surface area (Å²) in [6.45, 7) is 7.27. The zero-order valence-electron chi connectivity index (χ0n) is 20.9. The van der Waals surface area contributed by atoms with Gasteiger partial charge in [0, 0.05) is 48.8 Å². The Morgan fingerprint density at radius 2 is 1.92 bits per heavy atom. The van der Waals surface area contributed by atoms with E-state index in [4.69, 9.17) is 10.8 Å². The molecule has 0 saturated carbocycles. The van der Waals surface area contributed by atoms with Crippen molar-refractivity contribution in [2.24, 2.45) is 10.7 Å². The van der Waals surface area contributed by atoms with Crippen molar-refractivity contribution in [2.75, 3.05) is 13.1 Å². The van der Waals surface area contributed by atoms with E-state index in [2.05, 4.69) is 4.99 Å². The minimum atomic E-state index is -1.60. The molecule has 0 radical (unpaired) electrons. The topological polar surface area (TPSA) is 78.9 Å². The van der Waals surface area contributed by atoms with E-state index >= 15 is 8.78 Å². The average molecular weight is 500 g/mol. The van der Waals surface area contributed by atoms with Crippen molar-refractivity contribution in [1.82, 2.24) is 4.90 Å². The molecule has 8 heteroatoms. The van der Waals surface area contributed by atoms with Gasteiger partial charge in [-0.05, 0) is 74.6 Å². The van der Waals surface area contributed by atoms with Gasteiger partial charge in [-0.15, -0.1) is 0 Å². The molecule has 2 aromatic rings. The van der Waals surface area contributed by atoms with Crippen LogP contribution in [0.3, 0.4) is 0 Å². The summed E-state index contributed by atoms with van der Waals surface area (Å²) in [5.41, 5.74) is 7.21. The van der Waals surface area contributed by atoms with Crippen LogP contribution in [0.4, 0.5) is 13.2 Å². The minimum absolute atomic E-state index is 0.0311. The highest BCUT2D eigenvalue weighted by Crippen LogP contribution is 2.42. The molecule has 3 N–H and O–H groups in total. The molecule has 36 heavy (non-hydrogen) atoms. The molecule has 1 aliphatic heterocycles. The maximum atomic E-state index is 15.5. The maximum absolute atomic E-state index is 15.5. The van der Waals surface area contributed by atoms with Gasteiger partial charge in [-0.2, -0.15) is 0 Å². The molecular formula is C28H32F3N3O2. The van der Waals surface area contributed by atoms with Crippen LogP contribution in [0.5, 0.6) is 0 Å². The second-order valence-corrected chi connectivity index (χ2v) is 9.58. The van der Waals surface area contributed by atoms with Gasteiger partial charge >= 0.3 is 5.97 Å². The number of aliphatic imine (C=N–C) groups is 1. The molecule has 2 atom stereocenters. The summed E-state index contributed by atoms with van der Waals surface area (Å²) in [5, 5.41) is 8.84. The third kappa shape index (κ3) is 6.23. The van der Waals surface area contributed by atoms with Crippen LogP contribution in [0.15, 0.2) is 47.6 Å². The van der Waals surface area contributed by atoms with E-state index in [0.717, 1.165) is 41.0 Å². The first-order chi connectivity index (χ1) is 16.9. The third-order valence-electron chi connectivity index (χ3n) is 6.13. The largest absolute Gasteiger partial charge is 0.478 e. The zero-order chi connectivity index (χ0) is 26.6. The van der Waals surface area contributed by atoms with Gasteiger partial charge in [-0.25, -0.2) is 18.0 Å². The zero-order valence-corrected chi connectivity index (χ0v) is 20.9. The Kier molecular flexibility index (Phi) is 8.40. The summed E-state index contributed by atoms with van der Waals surface area (Å²) < 4.78 is 45.8. The number of hydrogen-bond donors (Lipinski definition) is 2. The molecule has 0 saturated heterocycles. The van der Waals surface area contributed by atoms with E-state index in [9.17, 15) is 9.18 Å². The van der Waals surface area contributed by atoms with Crippen molar-refractivity contribution in [3.05, 3.63) is 82.1 Å². The Morgan fingerprint density at radius 1 is 1.25 bits per heavy atom. The number of carboxylic acids is 1. The highest BCUT2D eigenvalue weighted by molar-refractivity contribution is 6.09. The van der Waals surface area contributed by atoms with Gasteiger partial charge in [-0.3, -0.25) is 9.89 Å². The van der Waals surface area contributed by atoms with E-state index < -0.39 is 29.3 Å². The number of rotatable bonds is 8. The first kappa shape index (κ1) is 27.2. The number of carboxylic acid groups (broad SMARTS) is 1. The Bertz CT molecular complexity index is 1190. The fraction of sp³-hybridized carbons (Fsp3) is 0.357. The van der Waals surface area contributed by atoms with Crippen LogP contribution >= 0.6 is 0 Å². The Hall–Kier alpha value is -3.39. The molecule has 1 unspecified atom stereocenters. The van der Waals surface area contributed by atoms with E-state index in [-0.39, 0.29) is 23.7 Å². The van der Waals surface area contributed by atoms with Crippen molar-refractivity contribution in [3.8, 4) is 0 Å². The van der Waals surface area contributed by atoms with Crippen LogP contribution in [-0.4, -0.2) is 47.0 Å². The van der Waals surface area contributed by atoms with E-state index in [0.29, 0.717) is 18.5 Å². The molecule has 0 amide bonds. The SMILES string of the molecule is CCN=CC(=CN)c1ccc2c(c1)C[C@@H](C)N(CC(C)(C)F)C2c1c(F)cc(/C=C/C(=O)O)cc1F. The van der Waals surface area contributed by atoms with Crippen LogP contribution in [0.1, 0.15) is 61.6 Å². The summed E-state index contributed by atoms with van der Waals surface area (Å²) in [4.78, 5) is 16.9. The number of alkyl halides is 1. The number of halogens is 3. The van der Waals surface area contributed by atoms with Gasteiger partial charge in [0.1, 0.15) is 17.3 Å². The quantitative estimate of drug-likeness (QED) is 0.369. The lowest BCUT2D eigenvalue weighted by Crippen LogP contribution is -2.48. The molecule has 2 aromatic carbocycles. The minimum Gasteiger partial charge on any atom is -0.478 e. The first-order valence-electron chi connectivity index (χ1n) is 11.8. The van der Waals surface area contributed by atoms with E-state index in [1.165, 1.54) is 20.0 Å². The van der Waals surface area contributed by atoms with Crippen molar-refractivity contribution < 1.29 is 23.1 Å². The highest BCUT2D eigenvalue weighted by atomic mass is 19.1. The Morgan fingerprint density at radius 3 is 2.47 bits per heavy atom. The highest BCUT2D eigenvalue weighted by Gasteiger charge is 2.39.